The van der Waals surface area contributed by atoms with Crippen molar-refractivity contribution in [1.82, 2.24) is 9.78 Å². The van der Waals surface area contributed by atoms with Crippen LogP contribution in [0.25, 0.3) is 11.8 Å². The van der Waals surface area contributed by atoms with Crippen LogP contribution in [-0.2, 0) is 16.0 Å². The van der Waals surface area contributed by atoms with E-state index in [-0.39, 0.29) is 11.8 Å². The molecule has 2 aromatic rings. The van der Waals surface area contributed by atoms with Gasteiger partial charge in [0.1, 0.15) is 5.82 Å². The topological polar surface area (TPSA) is 64.3 Å². The first-order valence-corrected chi connectivity index (χ1v) is 8.34. The average molecular weight is 342 g/mol. The zero-order valence-electron chi connectivity index (χ0n) is 13.9. The molecule has 0 aliphatic heterocycles. The molecule has 0 radical (unpaired) electrons. The van der Waals surface area contributed by atoms with Crippen LogP contribution >= 0.6 is 0 Å². The summed E-state index contributed by atoms with van der Waals surface area (Å²) < 4.78 is 20.0. The molecule has 25 heavy (non-hydrogen) atoms. The Morgan fingerprint density at radius 1 is 1.40 bits per heavy atom. The number of fused-ring (bicyclic) bond motifs is 2. The van der Waals surface area contributed by atoms with E-state index in [1.807, 2.05) is 6.08 Å². The fourth-order valence-corrected chi connectivity index (χ4v) is 4.03. The Labute approximate surface area is 144 Å². The Bertz CT molecular complexity index is 856. The van der Waals surface area contributed by atoms with Crippen LogP contribution < -0.4 is 0 Å². The summed E-state index contributed by atoms with van der Waals surface area (Å²) >= 11 is 0. The quantitative estimate of drug-likeness (QED) is 0.852. The molecule has 130 valence electrons. The minimum Gasteiger partial charge on any atom is -0.468 e. The van der Waals surface area contributed by atoms with Gasteiger partial charge in [-0.2, -0.15) is 5.10 Å². The number of carbonyl (C=O) groups excluding carboxylic acids is 1. The number of rotatable bonds is 2. The van der Waals surface area contributed by atoms with Crippen molar-refractivity contribution in [2.45, 2.75) is 31.8 Å². The highest BCUT2D eigenvalue weighted by atomic mass is 19.1. The maximum Gasteiger partial charge on any atom is 0.316 e. The Balaban J connectivity index is 1.81. The molecule has 2 atom stereocenters. The van der Waals surface area contributed by atoms with E-state index in [1.54, 1.807) is 23.0 Å². The number of nitrogens with zero attached hydrogens (tertiary/aromatic N) is 2. The second-order valence-corrected chi connectivity index (χ2v) is 6.76. The lowest BCUT2D eigenvalue weighted by Crippen LogP contribution is -2.44. The third-order valence-corrected chi connectivity index (χ3v) is 5.28. The molecule has 0 spiro atoms. The molecule has 2 aliphatic rings. The Morgan fingerprint density at radius 3 is 2.88 bits per heavy atom. The lowest BCUT2D eigenvalue weighted by atomic mass is 9.63. The zero-order valence-corrected chi connectivity index (χ0v) is 13.9. The second-order valence-electron chi connectivity index (χ2n) is 6.76. The van der Waals surface area contributed by atoms with Crippen molar-refractivity contribution in [1.29, 1.82) is 0 Å². The van der Waals surface area contributed by atoms with Gasteiger partial charge in [0.05, 0.1) is 36.2 Å². The van der Waals surface area contributed by atoms with Crippen molar-refractivity contribution < 1.29 is 19.0 Å². The van der Waals surface area contributed by atoms with E-state index in [2.05, 4.69) is 5.10 Å². The van der Waals surface area contributed by atoms with Gasteiger partial charge < -0.3 is 9.84 Å². The first kappa shape index (κ1) is 16.0. The Kier molecular flexibility index (Phi) is 3.72. The predicted octanol–water partition coefficient (Wildman–Crippen LogP) is 2.66. The van der Waals surface area contributed by atoms with Gasteiger partial charge in [0.25, 0.3) is 0 Å². The number of aliphatic hydroxyl groups is 1. The third-order valence-electron chi connectivity index (χ3n) is 5.28. The lowest BCUT2D eigenvalue weighted by molar-refractivity contribution is -0.153. The number of halogens is 1. The molecule has 6 heteroatoms. The van der Waals surface area contributed by atoms with E-state index < -0.39 is 11.5 Å². The summed E-state index contributed by atoms with van der Waals surface area (Å²) in [4.78, 5) is 12.5. The molecule has 1 aromatic heterocycles. The molecule has 4 rings (SSSR count). The number of carbonyl (C=O) groups is 1. The summed E-state index contributed by atoms with van der Waals surface area (Å²) in [7, 11) is 1.38. The van der Waals surface area contributed by atoms with Crippen molar-refractivity contribution >= 4 is 12.0 Å². The maximum absolute atomic E-state index is 13.2. The van der Waals surface area contributed by atoms with Crippen molar-refractivity contribution in [3.63, 3.8) is 0 Å². The normalized spacial score (nSPS) is 24.9. The van der Waals surface area contributed by atoms with Crippen LogP contribution in [0.5, 0.6) is 0 Å². The van der Waals surface area contributed by atoms with E-state index in [0.717, 1.165) is 22.5 Å². The molecule has 2 aliphatic carbocycles. The zero-order chi connectivity index (χ0) is 17.6. The van der Waals surface area contributed by atoms with Gasteiger partial charge in [-0.3, -0.25) is 4.79 Å². The first-order valence-electron chi connectivity index (χ1n) is 8.34. The number of esters is 1. The summed E-state index contributed by atoms with van der Waals surface area (Å²) in [6.07, 6.45) is 5.31. The molecule has 1 N–H and O–H groups in total. The molecule has 1 aromatic carbocycles. The Morgan fingerprint density at radius 2 is 2.16 bits per heavy atom. The molecule has 0 saturated heterocycles. The SMILES string of the molecule is COC(=O)[C@]12Cc3cnn(-c4ccc(F)cc4)c3C=C1CC[C@H](O)C2. The van der Waals surface area contributed by atoms with Crippen molar-refractivity contribution in [2.24, 2.45) is 5.41 Å². The van der Waals surface area contributed by atoms with E-state index in [4.69, 9.17) is 4.74 Å². The number of hydrogen-bond acceptors (Lipinski definition) is 4. The average Bonchev–Trinajstić information content (AvgIpc) is 3.02. The van der Waals surface area contributed by atoms with Gasteiger partial charge in [0, 0.05) is 0 Å². The van der Waals surface area contributed by atoms with Crippen molar-refractivity contribution in [2.75, 3.05) is 7.11 Å². The Hall–Kier alpha value is -2.47. The van der Waals surface area contributed by atoms with Gasteiger partial charge >= 0.3 is 5.97 Å². The van der Waals surface area contributed by atoms with Crippen molar-refractivity contribution in [3.8, 4) is 5.69 Å². The number of ether oxygens (including phenoxy) is 1. The summed E-state index contributed by atoms with van der Waals surface area (Å²) in [5.41, 5.74) is 2.75. The number of benzene rings is 1. The van der Waals surface area contributed by atoms with Crippen LogP contribution in [0.15, 0.2) is 36.0 Å². The van der Waals surface area contributed by atoms with E-state index in [0.29, 0.717) is 25.7 Å². The number of aliphatic hydroxyl groups excluding tert-OH is 1. The highest BCUT2D eigenvalue weighted by Gasteiger charge is 2.49. The van der Waals surface area contributed by atoms with Crippen LogP contribution in [-0.4, -0.2) is 34.1 Å². The molecular weight excluding hydrogens is 323 g/mol. The van der Waals surface area contributed by atoms with Crippen LogP contribution in [0, 0.1) is 11.2 Å². The molecule has 0 unspecified atom stereocenters. The van der Waals surface area contributed by atoms with Crippen LogP contribution in [0.1, 0.15) is 30.5 Å². The second kappa shape index (κ2) is 5.81. The monoisotopic (exact) mass is 342 g/mol. The number of hydrogen-bond donors (Lipinski definition) is 1. The molecule has 0 amide bonds. The smallest absolute Gasteiger partial charge is 0.316 e. The largest absolute Gasteiger partial charge is 0.468 e. The van der Waals surface area contributed by atoms with E-state index in [1.165, 1.54) is 19.2 Å². The molecule has 1 fully saturated rings. The summed E-state index contributed by atoms with van der Waals surface area (Å²) in [6.45, 7) is 0. The first-order chi connectivity index (χ1) is 12.0. The van der Waals surface area contributed by atoms with Crippen molar-refractivity contribution in [3.05, 3.63) is 53.1 Å². The van der Waals surface area contributed by atoms with Gasteiger partial charge in [0.15, 0.2) is 0 Å². The predicted molar refractivity (Wildman–Crippen MR) is 89.5 cm³/mol. The molecule has 0 bridgehead atoms. The highest BCUT2D eigenvalue weighted by Crippen LogP contribution is 2.48. The third kappa shape index (κ3) is 2.48. The fraction of sp³-hybridized carbons (Fsp3) is 0.368. The van der Waals surface area contributed by atoms with E-state index in [9.17, 15) is 14.3 Å². The van der Waals surface area contributed by atoms with Gasteiger partial charge in [-0.1, -0.05) is 5.57 Å². The van der Waals surface area contributed by atoms with Gasteiger partial charge in [-0.05, 0) is 61.6 Å². The summed E-state index contributed by atoms with van der Waals surface area (Å²) in [6, 6.07) is 6.14. The highest BCUT2D eigenvalue weighted by molar-refractivity contribution is 5.85. The van der Waals surface area contributed by atoms with Gasteiger partial charge in [0.2, 0.25) is 0 Å². The molecule has 5 nitrogen and oxygen atoms in total. The van der Waals surface area contributed by atoms with Crippen LogP contribution in [0.4, 0.5) is 4.39 Å². The van der Waals surface area contributed by atoms with Crippen LogP contribution in [0.2, 0.25) is 0 Å². The van der Waals surface area contributed by atoms with E-state index >= 15 is 0 Å². The molecular formula is C19H19FN2O3. The molecule has 1 heterocycles. The molecule has 1 saturated carbocycles. The minimum atomic E-state index is -0.809. The number of methoxy groups -OCH3 is 1. The van der Waals surface area contributed by atoms with Gasteiger partial charge in [-0.25, -0.2) is 9.07 Å². The van der Waals surface area contributed by atoms with Crippen LogP contribution in [0.3, 0.4) is 0 Å². The maximum atomic E-state index is 13.2. The fourth-order valence-electron chi connectivity index (χ4n) is 4.03. The standard InChI is InChI=1S/C19H19FN2O3/c1-25-18(24)19-9-12-11-21-22(15-5-3-14(20)4-6-15)17(12)8-13(19)2-7-16(23)10-19/h3-6,8,11,16,23H,2,7,9-10H2,1H3/t16-,19-/m0/s1. The minimum absolute atomic E-state index is 0.297. The number of aromatic nitrogens is 2. The lowest BCUT2D eigenvalue weighted by Gasteiger charge is -2.41. The summed E-state index contributed by atoms with van der Waals surface area (Å²) in [5, 5.41) is 14.5. The summed E-state index contributed by atoms with van der Waals surface area (Å²) in [5.74, 6) is -0.605. The van der Waals surface area contributed by atoms with Gasteiger partial charge in [-0.15, -0.1) is 0 Å².